The highest BCUT2D eigenvalue weighted by molar-refractivity contribution is 7.92. The fourth-order valence-electron chi connectivity index (χ4n) is 1.42. The molecule has 5 nitrogen and oxygen atoms in total. The van der Waals surface area contributed by atoms with E-state index in [1.807, 2.05) is 6.07 Å². The van der Waals surface area contributed by atoms with E-state index in [1.165, 1.54) is 0 Å². The molecule has 0 bridgehead atoms. The molecule has 1 heterocycles. The summed E-state index contributed by atoms with van der Waals surface area (Å²) in [4.78, 5) is 0. The number of sulfone groups is 1. The zero-order chi connectivity index (χ0) is 13.9. The number of halogens is 1. The molecular weight excluding hydrogens is 274 g/mol. The summed E-state index contributed by atoms with van der Waals surface area (Å²) >= 11 is 5.55. The van der Waals surface area contributed by atoms with Crippen LogP contribution in [0, 0.1) is 25.2 Å². The third kappa shape index (κ3) is 2.62. The van der Waals surface area contributed by atoms with Crippen LogP contribution < -0.4 is 0 Å². The summed E-state index contributed by atoms with van der Waals surface area (Å²) < 4.78 is 24.5. The van der Waals surface area contributed by atoms with Gasteiger partial charge in [0, 0.05) is 5.88 Å². The number of nitriles is 1. The molecule has 0 radical (unpaired) electrons. The first kappa shape index (κ1) is 14.9. The molecular formula is C11H14ClN3O2S. The second-order valence-electron chi connectivity index (χ2n) is 4.04. The molecule has 0 amide bonds. The van der Waals surface area contributed by atoms with Crippen molar-refractivity contribution in [2.24, 2.45) is 0 Å². The monoisotopic (exact) mass is 287 g/mol. The van der Waals surface area contributed by atoms with Crippen molar-refractivity contribution >= 4 is 21.4 Å². The summed E-state index contributed by atoms with van der Waals surface area (Å²) in [5.74, 6) is 0.237. The smallest absolute Gasteiger partial charge is 0.201 e. The third-order valence-corrected chi connectivity index (χ3v) is 5.19. The molecule has 0 aliphatic carbocycles. The number of aromatic nitrogens is 2. The first-order valence-electron chi connectivity index (χ1n) is 5.40. The Kier molecular flexibility index (Phi) is 4.65. The van der Waals surface area contributed by atoms with Crippen LogP contribution in [0.4, 0.5) is 0 Å². The van der Waals surface area contributed by atoms with Gasteiger partial charge < -0.3 is 0 Å². The van der Waals surface area contributed by atoms with Crippen molar-refractivity contribution in [1.29, 1.82) is 5.26 Å². The largest absolute Gasteiger partial charge is 0.222 e. The van der Waals surface area contributed by atoms with Crippen LogP contribution in [0.1, 0.15) is 30.2 Å². The number of hydrogen-bond acceptors (Lipinski definition) is 5. The highest BCUT2D eigenvalue weighted by atomic mass is 35.5. The summed E-state index contributed by atoms with van der Waals surface area (Å²) in [6, 6.07) is 1.89. The topological polar surface area (TPSA) is 83.7 Å². The van der Waals surface area contributed by atoms with Crippen molar-refractivity contribution in [3.8, 4) is 6.07 Å². The van der Waals surface area contributed by atoms with Gasteiger partial charge in [0.15, 0.2) is 5.03 Å². The van der Waals surface area contributed by atoms with E-state index >= 15 is 0 Å². The van der Waals surface area contributed by atoms with Gasteiger partial charge in [0.2, 0.25) is 9.84 Å². The lowest BCUT2D eigenvalue weighted by Gasteiger charge is -2.12. The Morgan fingerprint density at radius 3 is 2.50 bits per heavy atom. The summed E-state index contributed by atoms with van der Waals surface area (Å²) in [6.45, 7) is 4.89. The first-order valence-corrected chi connectivity index (χ1v) is 7.48. The molecule has 1 aromatic rings. The first-order chi connectivity index (χ1) is 8.36. The van der Waals surface area contributed by atoms with E-state index in [4.69, 9.17) is 16.9 Å². The Morgan fingerprint density at radius 1 is 1.39 bits per heavy atom. The minimum absolute atomic E-state index is 0.0731. The fourth-order valence-corrected chi connectivity index (χ4v) is 3.32. The predicted octanol–water partition coefficient (Wildman–Crippen LogP) is 1.76. The number of nitrogens with zero attached hydrogens (tertiary/aromatic N) is 3. The number of rotatable bonds is 4. The molecule has 0 spiro atoms. The van der Waals surface area contributed by atoms with Crippen LogP contribution in [0.25, 0.3) is 0 Å². The van der Waals surface area contributed by atoms with Gasteiger partial charge in [-0.1, -0.05) is 0 Å². The van der Waals surface area contributed by atoms with Gasteiger partial charge in [-0.15, -0.1) is 16.7 Å². The molecule has 7 heteroatoms. The van der Waals surface area contributed by atoms with Crippen molar-refractivity contribution in [3.63, 3.8) is 0 Å². The molecule has 0 N–H and O–H groups in total. The summed E-state index contributed by atoms with van der Waals surface area (Å²) in [5, 5.41) is 15.6. The van der Waals surface area contributed by atoms with Crippen LogP contribution in [0.15, 0.2) is 5.03 Å². The number of alkyl halides is 1. The molecule has 1 atom stereocenters. The molecule has 1 aromatic heterocycles. The maximum Gasteiger partial charge on any atom is 0.201 e. The fraction of sp³-hybridized carbons (Fsp3) is 0.545. The molecule has 0 aliphatic heterocycles. The van der Waals surface area contributed by atoms with Gasteiger partial charge >= 0.3 is 0 Å². The van der Waals surface area contributed by atoms with Gasteiger partial charge in [-0.05, 0) is 32.8 Å². The SMILES string of the molecule is Cc1nnc(S(=O)(=O)C(C)CCCl)c(C#N)c1C. The molecule has 1 unspecified atom stereocenters. The predicted molar refractivity (Wildman–Crippen MR) is 68.2 cm³/mol. The maximum absolute atomic E-state index is 12.3. The van der Waals surface area contributed by atoms with Crippen LogP contribution in [0.2, 0.25) is 0 Å². The Labute approximate surface area is 112 Å². The van der Waals surface area contributed by atoms with Crippen molar-refractivity contribution < 1.29 is 8.42 Å². The second-order valence-corrected chi connectivity index (χ2v) is 6.70. The van der Waals surface area contributed by atoms with Crippen molar-refractivity contribution in [2.75, 3.05) is 5.88 Å². The minimum atomic E-state index is -3.66. The molecule has 0 aliphatic rings. The Balaban J connectivity index is 3.44. The van der Waals surface area contributed by atoms with Crippen LogP contribution >= 0.6 is 11.6 Å². The van der Waals surface area contributed by atoms with Crippen LogP contribution in [-0.2, 0) is 9.84 Å². The molecule has 0 fully saturated rings. The summed E-state index contributed by atoms with van der Waals surface area (Å²) in [6.07, 6.45) is 0.309. The van der Waals surface area contributed by atoms with E-state index < -0.39 is 15.1 Å². The standard InChI is InChI=1S/C11H14ClN3O2S/c1-7(4-5-12)18(16,17)11-10(6-13)8(2)9(3)14-15-11/h7H,4-5H2,1-3H3. The zero-order valence-electron chi connectivity index (χ0n) is 10.4. The van der Waals surface area contributed by atoms with E-state index in [2.05, 4.69) is 10.2 Å². The van der Waals surface area contributed by atoms with E-state index in [0.717, 1.165) is 0 Å². The molecule has 18 heavy (non-hydrogen) atoms. The zero-order valence-corrected chi connectivity index (χ0v) is 12.0. The number of hydrogen-bond donors (Lipinski definition) is 0. The summed E-state index contributed by atoms with van der Waals surface area (Å²) in [7, 11) is -3.66. The van der Waals surface area contributed by atoms with E-state index in [-0.39, 0.29) is 16.5 Å². The van der Waals surface area contributed by atoms with Gasteiger partial charge in [-0.3, -0.25) is 0 Å². The van der Waals surface area contributed by atoms with Gasteiger partial charge in [0.05, 0.1) is 16.5 Å². The summed E-state index contributed by atoms with van der Waals surface area (Å²) in [5.41, 5.74) is 1.17. The van der Waals surface area contributed by atoms with Crippen LogP contribution in [0.5, 0.6) is 0 Å². The molecule has 0 saturated heterocycles. The highest BCUT2D eigenvalue weighted by Crippen LogP contribution is 2.22. The molecule has 0 aromatic carbocycles. The Morgan fingerprint density at radius 2 is 2.00 bits per heavy atom. The average Bonchev–Trinajstić information content (AvgIpc) is 2.32. The van der Waals surface area contributed by atoms with Gasteiger partial charge in [-0.25, -0.2) is 8.42 Å². The highest BCUT2D eigenvalue weighted by Gasteiger charge is 2.29. The quantitative estimate of drug-likeness (QED) is 0.788. The maximum atomic E-state index is 12.3. The number of aryl methyl sites for hydroxylation is 1. The molecule has 98 valence electrons. The average molecular weight is 288 g/mol. The van der Waals surface area contributed by atoms with Crippen molar-refractivity contribution in [1.82, 2.24) is 10.2 Å². The Hall–Kier alpha value is -1.19. The second kappa shape index (κ2) is 5.63. The lowest BCUT2D eigenvalue weighted by molar-refractivity contribution is 0.574. The minimum Gasteiger partial charge on any atom is -0.222 e. The van der Waals surface area contributed by atoms with Crippen LogP contribution in [-0.4, -0.2) is 29.7 Å². The lowest BCUT2D eigenvalue weighted by atomic mass is 10.1. The van der Waals surface area contributed by atoms with E-state index in [0.29, 0.717) is 17.7 Å². The molecule has 1 rings (SSSR count). The lowest BCUT2D eigenvalue weighted by Crippen LogP contribution is -2.22. The van der Waals surface area contributed by atoms with Crippen molar-refractivity contribution in [3.05, 3.63) is 16.8 Å². The van der Waals surface area contributed by atoms with Gasteiger partial charge in [0.1, 0.15) is 6.07 Å². The van der Waals surface area contributed by atoms with Crippen molar-refractivity contribution in [2.45, 2.75) is 37.5 Å². The van der Waals surface area contributed by atoms with Gasteiger partial charge in [0.25, 0.3) is 0 Å². The van der Waals surface area contributed by atoms with Gasteiger partial charge in [-0.2, -0.15) is 10.4 Å². The molecule has 0 saturated carbocycles. The van der Waals surface area contributed by atoms with Crippen LogP contribution in [0.3, 0.4) is 0 Å². The Bertz CT molecular complexity index is 593. The van der Waals surface area contributed by atoms with E-state index in [1.54, 1.807) is 20.8 Å². The normalized spacial score (nSPS) is 13.1. The third-order valence-electron chi connectivity index (χ3n) is 2.85. The van der Waals surface area contributed by atoms with E-state index in [9.17, 15) is 8.42 Å².